The minimum absolute atomic E-state index is 0.0249. The van der Waals surface area contributed by atoms with Crippen LogP contribution in [0.4, 0.5) is 43.5 Å². The number of aliphatic hydroxyl groups is 1. The quantitative estimate of drug-likeness (QED) is 0.240. The largest absolute Gasteiger partial charge is 0.433 e. The Kier molecular flexibility index (Phi) is 6.56. The van der Waals surface area contributed by atoms with Gasteiger partial charge in [-0.15, -0.1) is 0 Å². The summed E-state index contributed by atoms with van der Waals surface area (Å²) < 4.78 is 116. The van der Waals surface area contributed by atoms with Gasteiger partial charge in [-0.25, -0.2) is 13.4 Å². The van der Waals surface area contributed by atoms with Gasteiger partial charge in [-0.3, -0.25) is 4.31 Å². The molecule has 1 fully saturated rings. The summed E-state index contributed by atoms with van der Waals surface area (Å²) in [4.78, 5) is 7.54. The molecule has 0 spiro atoms. The summed E-state index contributed by atoms with van der Waals surface area (Å²) in [6.45, 7) is 2.27. The molecule has 2 aromatic heterocycles. The third-order valence-electron chi connectivity index (χ3n) is 7.60. The molecular formula is C28H23F6N5O4S. The first kappa shape index (κ1) is 29.9. The molecule has 0 bridgehead atoms. The zero-order chi connectivity index (χ0) is 31.9. The molecule has 9 nitrogen and oxygen atoms in total. The molecular weight excluding hydrogens is 616 g/mol. The number of alkyl halides is 6. The summed E-state index contributed by atoms with van der Waals surface area (Å²) in [6.07, 6.45) is -9.51. The van der Waals surface area contributed by atoms with Crippen molar-refractivity contribution in [2.24, 2.45) is 0 Å². The molecule has 0 unspecified atom stereocenters. The molecule has 1 aliphatic heterocycles. The second kappa shape index (κ2) is 9.66. The van der Waals surface area contributed by atoms with Gasteiger partial charge in [0.1, 0.15) is 17.1 Å². The monoisotopic (exact) mass is 639 g/mol. The van der Waals surface area contributed by atoms with Crippen LogP contribution < -0.4 is 9.62 Å². The summed E-state index contributed by atoms with van der Waals surface area (Å²) in [5, 5.41) is 17.0. The lowest BCUT2D eigenvalue weighted by molar-refractivity contribution is -0.160. The first-order chi connectivity index (χ1) is 20.4. The van der Waals surface area contributed by atoms with Crippen LogP contribution in [0.3, 0.4) is 0 Å². The van der Waals surface area contributed by atoms with Crippen molar-refractivity contribution >= 4 is 27.2 Å². The van der Waals surface area contributed by atoms with Gasteiger partial charge in [0.2, 0.25) is 5.82 Å². The smallest absolute Gasteiger partial charge is 0.381 e. The molecule has 44 heavy (non-hydrogen) atoms. The number of para-hydroxylation sites is 1. The van der Waals surface area contributed by atoms with Gasteiger partial charge in [-0.05, 0) is 62.6 Å². The van der Waals surface area contributed by atoms with E-state index >= 15 is 0 Å². The van der Waals surface area contributed by atoms with Gasteiger partial charge in [0.05, 0.1) is 28.2 Å². The Morgan fingerprint density at radius 3 is 2.20 bits per heavy atom. The van der Waals surface area contributed by atoms with Crippen LogP contribution in [0, 0.1) is 0 Å². The van der Waals surface area contributed by atoms with Crippen LogP contribution in [0.15, 0.2) is 64.0 Å². The minimum atomic E-state index is -4.78. The number of benzene rings is 2. The van der Waals surface area contributed by atoms with Gasteiger partial charge in [0, 0.05) is 11.1 Å². The van der Waals surface area contributed by atoms with Crippen LogP contribution in [0.2, 0.25) is 0 Å². The Morgan fingerprint density at radius 1 is 0.955 bits per heavy atom. The maximum absolute atomic E-state index is 14.2. The van der Waals surface area contributed by atoms with Crippen molar-refractivity contribution < 1.29 is 44.4 Å². The van der Waals surface area contributed by atoms with E-state index in [1.807, 2.05) is 0 Å². The fraction of sp³-hybridized carbons (Fsp3) is 0.321. The number of hydrogen-bond acceptors (Lipinski definition) is 8. The topological polar surface area (TPSA) is 121 Å². The molecule has 6 rings (SSSR count). The normalized spacial score (nSPS) is 16.5. The Balaban J connectivity index is 1.51. The first-order valence-electron chi connectivity index (χ1n) is 13.2. The number of halogens is 6. The van der Waals surface area contributed by atoms with Crippen LogP contribution in [-0.2, 0) is 33.8 Å². The lowest BCUT2D eigenvalue weighted by atomic mass is 9.95. The molecule has 1 saturated carbocycles. The fourth-order valence-corrected chi connectivity index (χ4v) is 6.54. The van der Waals surface area contributed by atoms with Crippen molar-refractivity contribution in [1.82, 2.24) is 15.1 Å². The molecule has 3 heterocycles. The highest BCUT2D eigenvalue weighted by Gasteiger charge is 2.64. The fourth-order valence-electron chi connectivity index (χ4n) is 5.06. The lowest BCUT2D eigenvalue weighted by Crippen LogP contribution is -2.31. The number of anilines is 3. The first-order valence-corrected chi connectivity index (χ1v) is 14.6. The zero-order valence-corrected chi connectivity index (χ0v) is 23.8. The van der Waals surface area contributed by atoms with Crippen molar-refractivity contribution in [2.75, 3.05) is 9.62 Å². The van der Waals surface area contributed by atoms with Gasteiger partial charge in [-0.1, -0.05) is 29.4 Å². The van der Waals surface area contributed by atoms with Gasteiger partial charge in [0.25, 0.3) is 15.9 Å². The highest BCUT2D eigenvalue weighted by molar-refractivity contribution is 7.92. The number of sulfonamides is 1. The zero-order valence-electron chi connectivity index (χ0n) is 23.0. The average molecular weight is 640 g/mol. The number of nitrogens with zero attached hydrogens (tertiary/aromatic N) is 4. The van der Waals surface area contributed by atoms with Crippen molar-refractivity contribution in [2.45, 2.75) is 61.5 Å². The van der Waals surface area contributed by atoms with Gasteiger partial charge in [-0.2, -0.15) is 31.3 Å². The third-order valence-corrected chi connectivity index (χ3v) is 9.36. The van der Waals surface area contributed by atoms with Crippen LogP contribution in [-0.4, -0.2) is 34.8 Å². The molecule has 0 amide bonds. The highest BCUT2D eigenvalue weighted by Crippen LogP contribution is 2.59. The van der Waals surface area contributed by atoms with E-state index in [0.717, 1.165) is 40.7 Å². The summed E-state index contributed by atoms with van der Waals surface area (Å²) in [5.41, 5.74) is -4.75. The van der Waals surface area contributed by atoms with Crippen LogP contribution in [0.25, 0.3) is 11.4 Å². The number of aromatic nitrogens is 3. The number of nitrogens with one attached hydrogen (secondary N) is 1. The lowest BCUT2D eigenvalue weighted by Gasteiger charge is -2.26. The number of hydrogen-bond donors (Lipinski definition) is 2. The molecule has 2 aliphatic rings. The molecule has 0 radical (unpaired) electrons. The predicted molar refractivity (Wildman–Crippen MR) is 144 cm³/mol. The molecule has 2 N–H and O–H groups in total. The average Bonchev–Trinajstić information content (AvgIpc) is 3.65. The standard InChI is InChI=1S/C28H23F6N5O4S/c1-25(2,40)24-37-23(38-43-24)18-4-3-5-19-21(18)39(14-15-6-11-20(27(29,30)31)36-22(15)35-19)44(41,42)17-9-7-16(8-10-17)26(12-13-26)28(32,33)34/h3-11,40H,12-14H2,1-2H3,(H,35,36). The Labute approximate surface area is 246 Å². The van der Waals surface area contributed by atoms with Gasteiger partial charge >= 0.3 is 12.4 Å². The van der Waals surface area contributed by atoms with E-state index in [0.29, 0.717) is 0 Å². The van der Waals surface area contributed by atoms with E-state index < -0.39 is 45.6 Å². The summed E-state index contributed by atoms with van der Waals surface area (Å²) in [6, 6.07) is 10.5. The van der Waals surface area contributed by atoms with E-state index in [4.69, 9.17) is 4.52 Å². The second-order valence-corrected chi connectivity index (χ2v) is 13.0. The third kappa shape index (κ3) is 4.95. The second-order valence-electron chi connectivity index (χ2n) is 11.1. The molecule has 1 aliphatic carbocycles. The van der Waals surface area contributed by atoms with E-state index in [1.54, 1.807) is 0 Å². The van der Waals surface area contributed by atoms with Gasteiger partial charge in [0.15, 0.2) is 0 Å². The van der Waals surface area contributed by atoms with Crippen molar-refractivity contribution in [1.29, 1.82) is 0 Å². The Bertz CT molecular complexity index is 1860. The van der Waals surface area contributed by atoms with Crippen LogP contribution in [0.1, 0.15) is 49.4 Å². The molecule has 16 heteroatoms. The van der Waals surface area contributed by atoms with Crippen molar-refractivity contribution in [3.8, 4) is 11.4 Å². The predicted octanol–water partition coefficient (Wildman–Crippen LogP) is 6.42. The number of rotatable bonds is 5. The van der Waals surface area contributed by atoms with E-state index in [9.17, 15) is 39.9 Å². The molecule has 232 valence electrons. The van der Waals surface area contributed by atoms with Gasteiger partial charge < -0.3 is 14.9 Å². The van der Waals surface area contributed by atoms with Crippen LogP contribution in [0.5, 0.6) is 0 Å². The molecule has 0 atom stereocenters. The minimum Gasteiger partial charge on any atom is -0.381 e. The highest BCUT2D eigenvalue weighted by atomic mass is 32.2. The Morgan fingerprint density at radius 2 is 1.64 bits per heavy atom. The summed E-state index contributed by atoms with van der Waals surface area (Å²) >= 11 is 0. The number of fused-ring (bicyclic) bond motifs is 2. The summed E-state index contributed by atoms with van der Waals surface area (Å²) in [7, 11) is -4.58. The number of pyridine rings is 1. The van der Waals surface area contributed by atoms with E-state index in [-0.39, 0.29) is 63.3 Å². The maximum atomic E-state index is 14.2. The molecule has 4 aromatic rings. The van der Waals surface area contributed by atoms with Crippen molar-refractivity contribution in [3.63, 3.8) is 0 Å². The molecule has 2 aromatic carbocycles. The SMILES string of the molecule is CC(C)(O)c1nc(-c2cccc3c2N(S(=O)(=O)c2ccc(C4(C(F)(F)F)CC4)cc2)Cc2ccc(C(F)(F)F)nc2N3)no1. The van der Waals surface area contributed by atoms with E-state index in [1.165, 1.54) is 32.0 Å². The van der Waals surface area contributed by atoms with Crippen molar-refractivity contribution in [3.05, 3.63) is 77.3 Å². The summed E-state index contributed by atoms with van der Waals surface area (Å²) in [5.74, 6) is -0.570. The maximum Gasteiger partial charge on any atom is 0.433 e. The Hall–Kier alpha value is -4.18. The molecule has 0 saturated heterocycles. The van der Waals surface area contributed by atoms with E-state index in [2.05, 4.69) is 20.4 Å². The van der Waals surface area contributed by atoms with Crippen LogP contribution >= 0.6 is 0 Å².